The lowest BCUT2D eigenvalue weighted by atomic mass is 10.1. The molecule has 2 atom stereocenters. The normalized spacial score (nSPS) is 13.2. The van der Waals surface area contributed by atoms with Gasteiger partial charge in [-0.3, -0.25) is 13.9 Å². The Labute approximate surface area is 266 Å². The Balaban J connectivity index is 2.15. The quantitative estimate of drug-likeness (QED) is 0.220. The van der Waals surface area contributed by atoms with Crippen LogP contribution in [0.5, 0.6) is 0 Å². The van der Waals surface area contributed by atoms with Crippen LogP contribution in [-0.4, -0.2) is 43.8 Å². The van der Waals surface area contributed by atoms with Crippen molar-refractivity contribution < 1.29 is 31.2 Å². The van der Waals surface area contributed by atoms with Gasteiger partial charge in [0.1, 0.15) is 12.6 Å². The standard InChI is InChI=1S/C31H34Cl2F3N3O4S/c1-5-21(4)37-30(41)28(6-2)38(18-22-9-11-23(32)12-10-22)29(40)19-39(44(42,43)25-14-7-20(3)8-15-25)24-13-16-27(33)26(17-24)31(34,35)36/h7-17,21,28H,5-6,18-19H2,1-4H3,(H,37,41). The number of halogens is 5. The van der Waals surface area contributed by atoms with E-state index in [4.69, 9.17) is 23.2 Å². The molecule has 238 valence electrons. The Morgan fingerprint density at radius 1 is 0.932 bits per heavy atom. The van der Waals surface area contributed by atoms with Gasteiger partial charge in [-0.15, -0.1) is 0 Å². The van der Waals surface area contributed by atoms with Crippen molar-refractivity contribution in [2.75, 3.05) is 10.8 Å². The van der Waals surface area contributed by atoms with Crippen LogP contribution in [0.3, 0.4) is 0 Å². The van der Waals surface area contributed by atoms with Crippen LogP contribution < -0.4 is 9.62 Å². The number of nitrogens with one attached hydrogen (secondary N) is 1. The lowest BCUT2D eigenvalue weighted by Crippen LogP contribution is -2.53. The number of anilines is 1. The lowest BCUT2D eigenvalue weighted by molar-refractivity contribution is -0.140. The number of amides is 2. The van der Waals surface area contributed by atoms with E-state index in [1.165, 1.54) is 29.2 Å². The van der Waals surface area contributed by atoms with Gasteiger partial charge in [-0.1, -0.05) is 66.9 Å². The van der Waals surface area contributed by atoms with Gasteiger partial charge in [0.05, 0.1) is 21.2 Å². The number of hydrogen-bond acceptors (Lipinski definition) is 4. The molecule has 0 aliphatic heterocycles. The predicted octanol–water partition coefficient (Wildman–Crippen LogP) is 7.24. The second kappa shape index (κ2) is 14.7. The molecule has 3 aromatic rings. The summed E-state index contributed by atoms with van der Waals surface area (Å²) >= 11 is 11.9. The third-order valence-corrected chi connectivity index (χ3v) is 9.45. The van der Waals surface area contributed by atoms with Gasteiger partial charge < -0.3 is 10.2 Å². The summed E-state index contributed by atoms with van der Waals surface area (Å²) in [5.74, 6) is -1.24. The molecule has 1 N–H and O–H groups in total. The Hall–Kier alpha value is -3.28. The lowest BCUT2D eigenvalue weighted by Gasteiger charge is -2.34. The first-order valence-corrected chi connectivity index (χ1v) is 16.1. The molecule has 0 fully saturated rings. The molecule has 0 saturated heterocycles. The SMILES string of the molecule is CCC(C)NC(=O)C(CC)N(Cc1ccc(Cl)cc1)C(=O)CN(c1ccc(Cl)c(C(F)(F)F)c1)S(=O)(=O)c1ccc(C)cc1. The van der Waals surface area contributed by atoms with Crippen molar-refractivity contribution in [2.24, 2.45) is 0 Å². The van der Waals surface area contributed by atoms with Crippen LogP contribution in [0, 0.1) is 6.92 Å². The van der Waals surface area contributed by atoms with Crippen LogP contribution in [0.25, 0.3) is 0 Å². The van der Waals surface area contributed by atoms with E-state index < -0.39 is 56.9 Å². The summed E-state index contributed by atoms with van der Waals surface area (Å²) in [6.45, 7) is 6.17. The fourth-order valence-electron chi connectivity index (χ4n) is 4.40. The molecule has 0 aliphatic rings. The average Bonchev–Trinajstić information content (AvgIpc) is 2.96. The van der Waals surface area contributed by atoms with E-state index in [0.29, 0.717) is 27.4 Å². The van der Waals surface area contributed by atoms with Gasteiger partial charge in [0.2, 0.25) is 11.8 Å². The largest absolute Gasteiger partial charge is 0.417 e. The Morgan fingerprint density at radius 3 is 2.09 bits per heavy atom. The van der Waals surface area contributed by atoms with Crippen molar-refractivity contribution in [1.29, 1.82) is 0 Å². The van der Waals surface area contributed by atoms with Gasteiger partial charge in [0.25, 0.3) is 10.0 Å². The molecule has 0 bridgehead atoms. The third kappa shape index (κ3) is 8.67. The number of aryl methyl sites for hydroxylation is 1. The zero-order valence-electron chi connectivity index (χ0n) is 24.7. The van der Waals surface area contributed by atoms with Crippen LogP contribution in [0.15, 0.2) is 71.6 Å². The van der Waals surface area contributed by atoms with Gasteiger partial charge in [-0.2, -0.15) is 13.2 Å². The van der Waals surface area contributed by atoms with Gasteiger partial charge >= 0.3 is 6.18 Å². The molecule has 13 heteroatoms. The fraction of sp³-hybridized carbons (Fsp3) is 0.355. The number of benzene rings is 3. The van der Waals surface area contributed by atoms with E-state index in [0.717, 1.165) is 17.7 Å². The first-order chi connectivity index (χ1) is 20.6. The number of rotatable bonds is 12. The summed E-state index contributed by atoms with van der Waals surface area (Å²) < 4.78 is 69.9. The van der Waals surface area contributed by atoms with Crippen LogP contribution in [0.2, 0.25) is 10.0 Å². The highest BCUT2D eigenvalue weighted by Crippen LogP contribution is 2.38. The minimum atomic E-state index is -4.89. The number of carbonyl (C=O) groups excluding carboxylic acids is 2. The summed E-state index contributed by atoms with van der Waals surface area (Å²) in [6.07, 6.45) is -4.07. The molecule has 44 heavy (non-hydrogen) atoms. The molecule has 2 unspecified atom stereocenters. The fourth-order valence-corrected chi connectivity index (χ4v) is 6.16. The second-order valence-corrected chi connectivity index (χ2v) is 13.1. The van der Waals surface area contributed by atoms with E-state index in [-0.39, 0.29) is 23.9 Å². The molecule has 3 aromatic carbocycles. The summed E-state index contributed by atoms with van der Waals surface area (Å²) in [4.78, 5) is 28.4. The van der Waals surface area contributed by atoms with Gasteiger partial charge in [0, 0.05) is 17.6 Å². The average molecular weight is 673 g/mol. The number of sulfonamides is 1. The molecule has 0 spiro atoms. The smallest absolute Gasteiger partial charge is 0.352 e. The van der Waals surface area contributed by atoms with Crippen molar-refractivity contribution in [2.45, 2.75) is 70.2 Å². The summed E-state index contributed by atoms with van der Waals surface area (Å²) in [7, 11) is -4.57. The Kier molecular flexibility index (Phi) is 11.7. The van der Waals surface area contributed by atoms with Crippen molar-refractivity contribution >= 4 is 50.7 Å². The summed E-state index contributed by atoms with van der Waals surface area (Å²) in [5, 5.41) is 2.69. The maximum absolute atomic E-state index is 14.1. The maximum Gasteiger partial charge on any atom is 0.417 e. The highest BCUT2D eigenvalue weighted by molar-refractivity contribution is 7.92. The Bertz CT molecular complexity index is 1570. The molecule has 0 aliphatic carbocycles. The number of alkyl halides is 3. The van der Waals surface area contributed by atoms with E-state index in [9.17, 15) is 31.2 Å². The van der Waals surface area contributed by atoms with Crippen LogP contribution in [0.4, 0.5) is 18.9 Å². The number of carbonyl (C=O) groups is 2. The van der Waals surface area contributed by atoms with Gasteiger partial charge in [-0.05, 0) is 74.7 Å². The molecule has 3 rings (SSSR count). The molecule has 0 radical (unpaired) electrons. The van der Waals surface area contributed by atoms with E-state index in [1.54, 1.807) is 38.1 Å². The topological polar surface area (TPSA) is 86.8 Å². The zero-order chi connectivity index (χ0) is 32.8. The van der Waals surface area contributed by atoms with E-state index >= 15 is 0 Å². The van der Waals surface area contributed by atoms with Crippen molar-refractivity contribution in [3.8, 4) is 0 Å². The third-order valence-electron chi connectivity index (χ3n) is 7.08. The molecule has 7 nitrogen and oxygen atoms in total. The zero-order valence-corrected chi connectivity index (χ0v) is 27.0. The molecule has 0 heterocycles. The van der Waals surface area contributed by atoms with E-state index in [1.807, 2.05) is 13.8 Å². The van der Waals surface area contributed by atoms with Crippen molar-refractivity contribution in [3.63, 3.8) is 0 Å². The molecule has 2 amide bonds. The summed E-state index contributed by atoms with van der Waals surface area (Å²) in [5.41, 5.74) is -0.314. The van der Waals surface area contributed by atoms with Crippen molar-refractivity contribution in [1.82, 2.24) is 10.2 Å². The molecule has 0 aromatic heterocycles. The van der Waals surface area contributed by atoms with Gasteiger partial charge in [0.15, 0.2) is 0 Å². The second-order valence-electron chi connectivity index (χ2n) is 10.4. The number of hydrogen-bond donors (Lipinski definition) is 1. The van der Waals surface area contributed by atoms with Crippen molar-refractivity contribution in [3.05, 3.63) is 93.5 Å². The highest BCUT2D eigenvalue weighted by atomic mass is 35.5. The highest BCUT2D eigenvalue weighted by Gasteiger charge is 2.37. The molecular weight excluding hydrogens is 638 g/mol. The Morgan fingerprint density at radius 2 is 1.55 bits per heavy atom. The van der Waals surface area contributed by atoms with Gasteiger partial charge in [-0.25, -0.2) is 8.42 Å². The minimum absolute atomic E-state index is 0.0880. The first kappa shape index (κ1) is 35.2. The molecular formula is C31H34Cl2F3N3O4S. The van der Waals surface area contributed by atoms with Crippen LogP contribution in [0.1, 0.15) is 50.3 Å². The first-order valence-electron chi connectivity index (χ1n) is 13.9. The van der Waals surface area contributed by atoms with Crippen LogP contribution in [-0.2, 0) is 32.3 Å². The molecule has 0 saturated carbocycles. The number of nitrogens with zero attached hydrogens (tertiary/aromatic N) is 2. The predicted molar refractivity (Wildman–Crippen MR) is 166 cm³/mol. The monoisotopic (exact) mass is 671 g/mol. The van der Waals surface area contributed by atoms with Crippen LogP contribution >= 0.6 is 23.2 Å². The maximum atomic E-state index is 14.1. The summed E-state index contributed by atoms with van der Waals surface area (Å²) in [6, 6.07) is 13.7. The minimum Gasteiger partial charge on any atom is -0.352 e. The van der Waals surface area contributed by atoms with E-state index in [2.05, 4.69) is 5.32 Å².